The minimum absolute atomic E-state index is 0.0131. The van der Waals surface area contributed by atoms with Gasteiger partial charge in [0.1, 0.15) is 12.1 Å². The molecule has 2 amide bonds. The first kappa shape index (κ1) is 20.5. The Kier molecular flexibility index (Phi) is 6.45. The number of rotatable bonds is 7. The average Bonchev–Trinajstić information content (AvgIpc) is 3.24. The summed E-state index contributed by atoms with van der Waals surface area (Å²) in [6, 6.07) is 9.12. The lowest BCUT2D eigenvalue weighted by Crippen LogP contribution is -2.60. The lowest BCUT2D eigenvalue weighted by Gasteiger charge is -2.32. The van der Waals surface area contributed by atoms with E-state index in [0.717, 1.165) is 5.56 Å². The van der Waals surface area contributed by atoms with E-state index in [1.54, 1.807) is 16.8 Å². The van der Waals surface area contributed by atoms with Crippen molar-refractivity contribution in [1.82, 2.24) is 14.9 Å². The summed E-state index contributed by atoms with van der Waals surface area (Å²) in [6.45, 7) is 0.591. The fourth-order valence-corrected chi connectivity index (χ4v) is 5.48. The van der Waals surface area contributed by atoms with E-state index in [0.29, 0.717) is 6.54 Å². The van der Waals surface area contributed by atoms with E-state index in [1.165, 1.54) is 15.6 Å². The zero-order valence-electron chi connectivity index (χ0n) is 15.1. The molecule has 28 heavy (non-hydrogen) atoms. The van der Waals surface area contributed by atoms with Crippen LogP contribution in [-0.4, -0.2) is 56.3 Å². The van der Waals surface area contributed by atoms with E-state index >= 15 is 0 Å². The van der Waals surface area contributed by atoms with Crippen LogP contribution in [0.4, 0.5) is 0 Å². The maximum absolute atomic E-state index is 12.7. The van der Waals surface area contributed by atoms with Crippen LogP contribution >= 0.6 is 11.3 Å². The van der Waals surface area contributed by atoms with Crippen LogP contribution in [0.5, 0.6) is 0 Å². The number of primary amides is 1. The predicted octanol–water partition coefficient (Wildman–Crippen LogP) is -0.0766. The van der Waals surface area contributed by atoms with E-state index < -0.39 is 33.9 Å². The summed E-state index contributed by atoms with van der Waals surface area (Å²) in [5.74, 6) is -1.10. The van der Waals surface area contributed by atoms with Crippen molar-refractivity contribution in [1.29, 1.82) is 0 Å². The second-order valence-corrected chi connectivity index (χ2v) is 9.20. The third kappa shape index (κ3) is 4.76. The molecule has 8 nitrogen and oxygen atoms in total. The van der Waals surface area contributed by atoms with Gasteiger partial charge in [-0.05, 0) is 17.0 Å². The van der Waals surface area contributed by atoms with Gasteiger partial charge >= 0.3 is 0 Å². The summed E-state index contributed by atoms with van der Waals surface area (Å²) in [7, 11) is -3.65. The van der Waals surface area contributed by atoms with Gasteiger partial charge in [0.25, 0.3) is 0 Å². The van der Waals surface area contributed by atoms with Crippen molar-refractivity contribution in [2.75, 3.05) is 19.6 Å². The van der Waals surface area contributed by atoms with Gasteiger partial charge in [0.2, 0.25) is 21.8 Å². The normalized spacial score (nSPS) is 19.1. The van der Waals surface area contributed by atoms with Gasteiger partial charge < -0.3 is 16.4 Å². The molecule has 0 radical (unpaired) electrons. The highest BCUT2D eigenvalue weighted by molar-refractivity contribution is 7.89. The van der Waals surface area contributed by atoms with Gasteiger partial charge in [0, 0.05) is 31.4 Å². The molecule has 2 atom stereocenters. The Labute approximate surface area is 167 Å². The standard InChI is InChI=1S/C18H22N4O4S2/c19-17(23)15(10-13-4-2-1-3-5-13)21-18(24)16-11-22(8-7-20-16)28(25,26)14-6-9-27-12-14/h1-6,9,12,15-16,20H,7-8,10-11H2,(H2,19,23)(H,21,24). The van der Waals surface area contributed by atoms with Crippen LogP contribution in [0.15, 0.2) is 52.1 Å². The molecular weight excluding hydrogens is 400 g/mol. The number of piperazine rings is 1. The molecule has 1 saturated heterocycles. The van der Waals surface area contributed by atoms with Crippen LogP contribution in [0.3, 0.4) is 0 Å². The SMILES string of the molecule is NC(=O)C(Cc1ccccc1)NC(=O)C1CN(S(=O)(=O)c2ccsc2)CCN1. The largest absolute Gasteiger partial charge is 0.368 e. The van der Waals surface area contributed by atoms with E-state index in [2.05, 4.69) is 10.6 Å². The monoisotopic (exact) mass is 422 g/mol. The van der Waals surface area contributed by atoms with Crippen molar-refractivity contribution in [3.63, 3.8) is 0 Å². The van der Waals surface area contributed by atoms with Gasteiger partial charge in [-0.25, -0.2) is 8.42 Å². The molecule has 1 aliphatic rings. The lowest BCUT2D eigenvalue weighted by molar-refractivity contribution is -0.129. The minimum atomic E-state index is -3.65. The molecular formula is C18H22N4O4S2. The number of carbonyl (C=O) groups is 2. The fraction of sp³-hybridized carbons (Fsp3) is 0.333. The molecule has 3 rings (SSSR count). The molecule has 10 heteroatoms. The second-order valence-electron chi connectivity index (χ2n) is 6.48. The molecule has 0 aliphatic carbocycles. The van der Waals surface area contributed by atoms with Crippen molar-refractivity contribution >= 4 is 33.2 Å². The van der Waals surface area contributed by atoms with Gasteiger partial charge in [-0.3, -0.25) is 9.59 Å². The quantitative estimate of drug-likeness (QED) is 0.576. The van der Waals surface area contributed by atoms with Gasteiger partial charge in [0.05, 0.1) is 4.90 Å². The Bertz CT molecular complexity index is 916. The molecule has 1 aromatic heterocycles. The number of hydrogen-bond donors (Lipinski definition) is 3. The van der Waals surface area contributed by atoms with E-state index in [4.69, 9.17) is 5.73 Å². The van der Waals surface area contributed by atoms with Gasteiger partial charge in [-0.15, -0.1) is 0 Å². The first-order valence-corrected chi connectivity index (χ1v) is 11.2. The summed E-state index contributed by atoms with van der Waals surface area (Å²) in [4.78, 5) is 24.7. The summed E-state index contributed by atoms with van der Waals surface area (Å²) < 4.78 is 26.7. The Morgan fingerprint density at radius 3 is 2.68 bits per heavy atom. The maximum atomic E-state index is 12.7. The number of nitrogens with two attached hydrogens (primary N) is 1. The first-order chi connectivity index (χ1) is 13.4. The molecule has 1 fully saturated rings. The van der Waals surface area contributed by atoms with Crippen LogP contribution in [-0.2, 0) is 26.0 Å². The number of benzene rings is 1. The predicted molar refractivity (Wildman–Crippen MR) is 106 cm³/mol. The van der Waals surface area contributed by atoms with Crippen LogP contribution in [0.25, 0.3) is 0 Å². The summed E-state index contributed by atoms with van der Waals surface area (Å²) >= 11 is 1.30. The van der Waals surface area contributed by atoms with E-state index in [1.807, 2.05) is 30.3 Å². The van der Waals surface area contributed by atoms with Crippen LogP contribution in [0.2, 0.25) is 0 Å². The third-order valence-corrected chi connectivity index (χ3v) is 7.22. The van der Waals surface area contributed by atoms with Crippen LogP contribution in [0.1, 0.15) is 5.56 Å². The van der Waals surface area contributed by atoms with E-state index in [-0.39, 0.29) is 24.4 Å². The molecule has 0 spiro atoms. The van der Waals surface area contributed by atoms with Gasteiger partial charge in [-0.1, -0.05) is 30.3 Å². The topological polar surface area (TPSA) is 122 Å². The summed E-state index contributed by atoms with van der Waals surface area (Å²) in [6.07, 6.45) is 0.269. The molecule has 150 valence electrons. The first-order valence-electron chi connectivity index (χ1n) is 8.77. The van der Waals surface area contributed by atoms with Crippen molar-refractivity contribution in [2.45, 2.75) is 23.4 Å². The molecule has 0 saturated carbocycles. The maximum Gasteiger partial charge on any atom is 0.244 e. The zero-order chi connectivity index (χ0) is 20.1. The Morgan fingerprint density at radius 1 is 1.29 bits per heavy atom. The average molecular weight is 423 g/mol. The molecule has 2 unspecified atom stereocenters. The van der Waals surface area contributed by atoms with Gasteiger partial charge in [-0.2, -0.15) is 15.6 Å². The number of nitrogens with one attached hydrogen (secondary N) is 2. The zero-order valence-corrected chi connectivity index (χ0v) is 16.7. The highest BCUT2D eigenvalue weighted by Gasteiger charge is 2.34. The highest BCUT2D eigenvalue weighted by Crippen LogP contribution is 2.19. The number of hydrogen-bond acceptors (Lipinski definition) is 6. The second kappa shape index (κ2) is 8.82. The molecule has 4 N–H and O–H groups in total. The molecule has 0 bridgehead atoms. The minimum Gasteiger partial charge on any atom is -0.368 e. The van der Waals surface area contributed by atoms with Gasteiger partial charge in [0.15, 0.2) is 0 Å². The van der Waals surface area contributed by atoms with Crippen molar-refractivity contribution in [2.24, 2.45) is 5.73 Å². The summed E-state index contributed by atoms with van der Waals surface area (Å²) in [5.41, 5.74) is 6.31. The van der Waals surface area contributed by atoms with Crippen LogP contribution in [0, 0.1) is 0 Å². The van der Waals surface area contributed by atoms with Crippen molar-refractivity contribution in [3.05, 3.63) is 52.7 Å². The number of carbonyl (C=O) groups excluding carboxylic acids is 2. The Morgan fingerprint density at radius 2 is 2.04 bits per heavy atom. The Balaban J connectivity index is 1.66. The fourth-order valence-electron chi connectivity index (χ4n) is 3.01. The molecule has 1 aromatic carbocycles. The third-order valence-electron chi connectivity index (χ3n) is 4.53. The van der Waals surface area contributed by atoms with Crippen molar-refractivity contribution in [3.8, 4) is 0 Å². The number of nitrogens with zero attached hydrogens (tertiary/aromatic N) is 1. The molecule has 2 aromatic rings. The number of amides is 2. The smallest absolute Gasteiger partial charge is 0.244 e. The number of sulfonamides is 1. The highest BCUT2D eigenvalue weighted by atomic mass is 32.2. The van der Waals surface area contributed by atoms with Crippen LogP contribution < -0.4 is 16.4 Å². The van der Waals surface area contributed by atoms with Crippen molar-refractivity contribution < 1.29 is 18.0 Å². The van der Waals surface area contributed by atoms with E-state index in [9.17, 15) is 18.0 Å². The lowest BCUT2D eigenvalue weighted by atomic mass is 10.0. The Hall–Kier alpha value is -2.27. The molecule has 2 heterocycles. The number of thiophene rings is 1. The molecule has 1 aliphatic heterocycles. The summed E-state index contributed by atoms with van der Waals surface area (Å²) in [5, 5.41) is 8.91.